The van der Waals surface area contributed by atoms with Crippen molar-refractivity contribution in [2.75, 3.05) is 12.3 Å². The Morgan fingerprint density at radius 2 is 2.11 bits per heavy atom. The zero-order chi connectivity index (χ0) is 13.5. The van der Waals surface area contributed by atoms with Crippen molar-refractivity contribution < 1.29 is 12.8 Å². The van der Waals surface area contributed by atoms with Gasteiger partial charge in [-0.15, -0.1) is 0 Å². The lowest BCUT2D eigenvalue weighted by atomic mass is 10.3. The van der Waals surface area contributed by atoms with Crippen LogP contribution in [0.25, 0.3) is 0 Å². The van der Waals surface area contributed by atoms with Crippen molar-refractivity contribution >= 4 is 27.3 Å². The Balaban J connectivity index is 2.52. The molecule has 0 spiro atoms. The first-order valence-electron chi connectivity index (χ1n) is 5.64. The first-order valence-corrected chi connectivity index (χ1v) is 7.46. The highest BCUT2D eigenvalue weighted by Crippen LogP contribution is 2.34. The summed E-state index contributed by atoms with van der Waals surface area (Å²) in [6.45, 7) is 2.03. The number of hydrogen-bond donors (Lipinski definition) is 1. The van der Waals surface area contributed by atoms with Gasteiger partial charge in [-0.25, -0.2) is 12.8 Å². The molecule has 1 aromatic carbocycles. The Labute approximate surface area is 111 Å². The van der Waals surface area contributed by atoms with E-state index in [4.69, 9.17) is 17.3 Å². The molecule has 0 atom stereocenters. The fraction of sp³-hybridized carbons (Fsp3) is 0.455. The number of hydrogen-bond acceptors (Lipinski definition) is 3. The largest absolute Gasteiger partial charge is 0.396 e. The lowest BCUT2D eigenvalue weighted by Gasteiger charge is -2.20. The van der Waals surface area contributed by atoms with Gasteiger partial charge >= 0.3 is 0 Å². The topological polar surface area (TPSA) is 63.4 Å². The molecule has 2 N–H and O–H groups in total. The average Bonchev–Trinajstić information content (AvgIpc) is 3.08. The second kappa shape index (κ2) is 4.68. The Morgan fingerprint density at radius 1 is 1.50 bits per heavy atom. The van der Waals surface area contributed by atoms with Crippen LogP contribution in [0.1, 0.15) is 19.8 Å². The SMILES string of the molecule is CCN(C1CC1)S(=O)(=O)c1cc(Cl)cc(N)c1F. The molecule has 1 aliphatic rings. The van der Waals surface area contributed by atoms with E-state index in [1.807, 2.05) is 0 Å². The van der Waals surface area contributed by atoms with Crippen LogP contribution in [0.2, 0.25) is 5.02 Å². The molecule has 0 radical (unpaired) electrons. The minimum atomic E-state index is -3.87. The van der Waals surface area contributed by atoms with Gasteiger partial charge in [0.1, 0.15) is 4.90 Å². The zero-order valence-electron chi connectivity index (χ0n) is 9.86. The van der Waals surface area contributed by atoms with Crippen LogP contribution in [0.4, 0.5) is 10.1 Å². The van der Waals surface area contributed by atoms with E-state index in [0.29, 0.717) is 6.54 Å². The van der Waals surface area contributed by atoms with E-state index in [-0.39, 0.29) is 16.8 Å². The van der Waals surface area contributed by atoms with E-state index >= 15 is 0 Å². The number of nitrogens with two attached hydrogens (primary N) is 1. The molecule has 1 saturated carbocycles. The van der Waals surface area contributed by atoms with Gasteiger partial charge in [-0.2, -0.15) is 4.31 Å². The van der Waals surface area contributed by atoms with Gasteiger partial charge < -0.3 is 5.73 Å². The monoisotopic (exact) mass is 292 g/mol. The molecule has 4 nitrogen and oxygen atoms in total. The summed E-state index contributed by atoms with van der Waals surface area (Å²) in [5.41, 5.74) is 5.15. The molecule has 2 rings (SSSR count). The van der Waals surface area contributed by atoms with Crippen LogP contribution in [-0.2, 0) is 10.0 Å². The van der Waals surface area contributed by atoms with Crippen molar-refractivity contribution in [2.24, 2.45) is 0 Å². The maximum absolute atomic E-state index is 13.9. The summed E-state index contributed by atoms with van der Waals surface area (Å²) < 4.78 is 39.8. The van der Waals surface area contributed by atoms with Crippen molar-refractivity contribution in [1.82, 2.24) is 4.31 Å². The summed E-state index contributed by atoms with van der Waals surface area (Å²) in [5.74, 6) is -0.932. The minimum Gasteiger partial charge on any atom is -0.396 e. The highest BCUT2D eigenvalue weighted by molar-refractivity contribution is 7.89. The Kier molecular flexibility index (Phi) is 3.53. The molecular formula is C11H14ClFN2O2S. The van der Waals surface area contributed by atoms with E-state index in [2.05, 4.69) is 0 Å². The molecule has 0 heterocycles. The maximum atomic E-state index is 13.9. The highest BCUT2D eigenvalue weighted by Gasteiger charge is 2.38. The maximum Gasteiger partial charge on any atom is 0.246 e. The third kappa shape index (κ3) is 2.32. The number of halogens is 2. The number of benzene rings is 1. The Morgan fingerprint density at radius 3 is 2.61 bits per heavy atom. The zero-order valence-corrected chi connectivity index (χ0v) is 11.4. The number of nitrogens with zero attached hydrogens (tertiary/aromatic N) is 1. The number of anilines is 1. The summed E-state index contributed by atoms with van der Waals surface area (Å²) >= 11 is 5.74. The molecule has 0 saturated heterocycles. The summed E-state index contributed by atoms with van der Waals surface area (Å²) in [5, 5.41) is 0.110. The predicted molar refractivity (Wildman–Crippen MR) is 68.4 cm³/mol. The van der Waals surface area contributed by atoms with Gasteiger partial charge in [0.2, 0.25) is 10.0 Å². The smallest absolute Gasteiger partial charge is 0.246 e. The predicted octanol–water partition coefficient (Wildman–Crippen LogP) is 2.23. The van der Waals surface area contributed by atoms with Crippen LogP contribution in [0, 0.1) is 5.82 Å². The fourth-order valence-corrected chi connectivity index (χ4v) is 3.99. The molecule has 7 heteroatoms. The number of nitrogen functional groups attached to an aromatic ring is 1. The van der Waals surface area contributed by atoms with Crippen molar-refractivity contribution in [2.45, 2.75) is 30.7 Å². The molecule has 18 heavy (non-hydrogen) atoms. The van der Waals surface area contributed by atoms with Gasteiger partial charge in [0.25, 0.3) is 0 Å². The van der Waals surface area contributed by atoms with Gasteiger partial charge in [0.15, 0.2) is 5.82 Å². The van der Waals surface area contributed by atoms with Gasteiger partial charge in [0.05, 0.1) is 5.69 Å². The van der Waals surface area contributed by atoms with E-state index < -0.39 is 20.7 Å². The van der Waals surface area contributed by atoms with Crippen LogP contribution in [-0.4, -0.2) is 25.3 Å². The molecule has 0 bridgehead atoms. The van der Waals surface area contributed by atoms with Gasteiger partial charge in [-0.3, -0.25) is 0 Å². The van der Waals surface area contributed by atoms with Crippen LogP contribution in [0.5, 0.6) is 0 Å². The van der Waals surface area contributed by atoms with Crippen LogP contribution < -0.4 is 5.73 Å². The summed E-state index contributed by atoms with van der Waals surface area (Å²) in [6, 6.07) is 2.27. The molecule has 1 aliphatic carbocycles. The van der Waals surface area contributed by atoms with Gasteiger partial charge in [-0.1, -0.05) is 18.5 Å². The van der Waals surface area contributed by atoms with Crippen molar-refractivity contribution in [3.05, 3.63) is 23.0 Å². The number of rotatable bonds is 4. The normalized spacial score (nSPS) is 16.2. The van der Waals surface area contributed by atoms with Crippen LogP contribution in [0.15, 0.2) is 17.0 Å². The fourth-order valence-electron chi connectivity index (χ4n) is 1.89. The van der Waals surface area contributed by atoms with E-state index in [1.165, 1.54) is 10.4 Å². The van der Waals surface area contributed by atoms with Crippen molar-refractivity contribution in [3.8, 4) is 0 Å². The third-order valence-corrected chi connectivity index (χ3v) is 5.13. The van der Waals surface area contributed by atoms with E-state index in [0.717, 1.165) is 18.9 Å². The lowest BCUT2D eigenvalue weighted by Crippen LogP contribution is -2.33. The van der Waals surface area contributed by atoms with Crippen molar-refractivity contribution in [1.29, 1.82) is 0 Å². The van der Waals surface area contributed by atoms with Gasteiger partial charge in [0, 0.05) is 17.6 Å². The third-order valence-electron chi connectivity index (χ3n) is 2.88. The van der Waals surface area contributed by atoms with Crippen LogP contribution >= 0.6 is 11.6 Å². The summed E-state index contributed by atoms with van der Waals surface area (Å²) in [7, 11) is -3.87. The first kappa shape index (κ1) is 13.6. The standard InChI is InChI=1S/C11H14ClFN2O2S/c1-2-15(8-3-4-8)18(16,17)10-6-7(12)5-9(14)11(10)13/h5-6,8H,2-4,14H2,1H3. The molecule has 0 aromatic heterocycles. The molecule has 1 aromatic rings. The van der Waals surface area contributed by atoms with Crippen molar-refractivity contribution in [3.63, 3.8) is 0 Å². The first-order chi connectivity index (χ1) is 8.37. The second-order valence-electron chi connectivity index (χ2n) is 4.25. The lowest BCUT2D eigenvalue weighted by molar-refractivity contribution is 0.417. The summed E-state index contributed by atoms with van der Waals surface area (Å²) in [4.78, 5) is -0.443. The molecular weight excluding hydrogens is 279 g/mol. The van der Waals surface area contributed by atoms with Gasteiger partial charge in [-0.05, 0) is 25.0 Å². The molecule has 1 fully saturated rings. The molecule has 0 unspecified atom stereocenters. The second-order valence-corrected chi connectivity index (χ2v) is 6.54. The average molecular weight is 293 g/mol. The van der Waals surface area contributed by atoms with E-state index in [1.54, 1.807) is 6.92 Å². The van der Waals surface area contributed by atoms with Crippen LogP contribution in [0.3, 0.4) is 0 Å². The summed E-state index contributed by atoms with van der Waals surface area (Å²) in [6.07, 6.45) is 1.62. The Bertz CT molecular complexity index is 573. The van der Waals surface area contributed by atoms with E-state index in [9.17, 15) is 12.8 Å². The molecule has 100 valence electrons. The minimum absolute atomic E-state index is 0.0281. The molecule has 0 aliphatic heterocycles. The Hall–Kier alpha value is -0.850. The quantitative estimate of drug-likeness (QED) is 0.866. The highest BCUT2D eigenvalue weighted by atomic mass is 35.5. The molecule has 0 amide bonds. The number of sulfonamides is 1.